The highest BCUT2D eigenvalue weighted by atomic mass is 16.5. The maximum Gasteiger partial charge on any atom is 0.224 e. The lowest BCUT2D eigenvalue weighted by Crippen LogP contribution is -2.14. The number of anilines is 2. The van der Waals surface area contributed by atoms with Gasteiger partial charge in [0.05, 0.1) is 21.3 Å². The molecule has 0 heterocycles. The largest absolute Gasteiger partial charge is 0.493 e. The van der Waals surface area contributed by atoms with Gasteiger partial charge in [0.25, 0.3) is 0 Å². The quantitative estimate of drug-likeness (QED) is 0.606. The molecular formula is C23H30N2O5. The normalized spacial score (nSPS) is 10.5. The summed E-state index contributed by atoms with van der Waals surface area (Å²) in [5.41, 5.74) is 2.28. The molecule has 0 bridgehead atoms. The van der Waals surface area contributed by atoms with E-state index in [4.69, 9.17) is 14.2 Å². The van der Waals surface area contributed by atoms with Gasteiger partial charge in [-0.05, 0) is 54.3 Å². The van der Waals surface area contributed by atoms with Gasteiger partial charge in [-0.2, -0.15) is 0 Å². The number of aryl methyl sites for hydroxylation is 1. The number of ether oxygens (including phenoxy) is 3. The second-order valence-corrected chi connectivity index (χ2v) is 7.31. The number of amides is 2. The summed E-state index contributed by atoms with van der Waals surface area (Å²) in [5.74, 6) is 1.81. The Morgan fingerprint density at radius 2 is 1.33 bits per heavy atom. The first-order chi connectivity index (χ1) is 14.4. The third-order valence-electron chi connectivity index (χ3n) is 4.41. The maximum atomic E-state index is 12.3. The average Bonchev–Trinajstić information content (AvgIpc) is 2.72. The van der Waals surface area contributed by atoms with Gasteiger partial charge in [-0.1, -0.05) is 13.8 Å². The average molecular weight is 415 g/mol. The topological polar surface area (TPSA) is 85.9 Å². The van der Waals surface area contributed by atoms with E-state index in [0.29, 0.717) is 53.8 Å². The standard InChI is InChI=1S/C23H30N2O5/c1-15(2)12-22(27)25-18-9-7-17(8-10-18)24-21(26)11-6-16-13-19(28-3)23(30-5)20(14-16)29-4/h7-10,13-15H,6,11-12H2,1-5H3,(H,24,26)(H,25,27). The second kappa shape index (κ2) is 11.1. The van der Waals surface area contributed by atoms with E-state index in [1.165, 1.54) is 0 Å². The first kappa shape index (κ1) is 23.1. The molecule has 0 aliphatic rings. The van der Waals surface area contributed by atoms with Crippen LogP contribution in [-0.2, 0) is 16.0 Å². The summed E-state index contributed by atoms with van der Waals surface area (Å²) in [6.07, 6.45) is 1.29. The number of benzene rings is 2. The number of hydrogen-bond acceptors (Lipinski definition) is 5. The van der Waals surface area contributed by atoms with E-state index in [0.717, 1.165) is 5.56 Å². The molecule has 0 saturated heterocycles. The zero-order valence-electron chi connectivity index (χ0n) is 18.2. The fourth-order valence-electron chi connectivity index (χ4n) is 2.98. The van der Waals surface area contributed by atoms with Gasteiger partial charge in [0.1, 0.15) is 0 Å². The van der Waals surface area contributed by atoms with Crippen molar-refractivity contribution in [1.82, 2.24) is 0 Å². The molecular weight excluding hydrogens is 384 g/mol. The number of hydrogen-bond donors (Lipinski definition) is 2. The lowest BCUT2D eigenvalue weighted by Gasteiger charge is -2.14. The summed E-state index contributed by atoms with van der Waals surface area (Å²) in [4.78, 5) is 24.2. The predicted octanol–water partition coefficient (Wildman–Crippen LogP) is 4.27. The van der Waals surface area contributed by atoms with Crippen LogP contribution in [0.25, 0.3) is 0 Å². The molecule has 0 atom stereocenters. The first-order valence-electron chi connectivity index (χ1n) is 9.85. The summed E-state index contributed by atoms with van der Waals surface area (Å²) in [6.45, 7) is 3.99. The Morgan fingerprint density at radius 3 is 1.77 bits per heavy atom. The Kier molecular flexibility index (Phi) is 8.53. The molecule has 162 valence electrons. The molecule has 0 spiro atoms. The van der Waals surface area contributed by atoms with Crippen LogP contribution in [0.1, 0.15) is 32.3 Å². The zero-order chi connectivity index (χ0) is 22.1. The fourth-order valence-corrected chi connectivity index (χ4v) is 2.98. The highest BCUT2D eigenvalue weighted by Gasteiger charge is 2.14. The minimum Gasteiger partial charge on any atom is -0.493 e. The molecule has 2 aromatic carbocycles. The van der Waals surface area contributed by atoms with Gasteiger partial charge in [0, 0.05) is 24.2 Å². The Morgan fingerprint density at radius 1 is 0.833 bits per heavy atom. The fraction of sp³-hybridized carbons (Fsp3) is 0.391. The van der Waals surface area contributed by atoms with Crippen molar-refractivity contribution in [2.24, 2.45) is 5.92 Å². The van der Waals surface area contributed by atoms with Crippen molar-refractivity contribution in [2.75, 3.05) is 32.0 Å². The van der Waals surface area contributed by atoms with Crippen LogP contribution in [0.5, 0.6) is 17.2 Å². The number of rotatable bonds is 10. The van der Waals surface area contributed by atoms with E-state index in [1.54, 1.807) is 45.6 Å². The highest BCUT2D eigenvalue weighted by Crippen LogP contribution is 2.38. The smallest absolute Gasteiger partial charge is 0.224 e. The van der Waals surface area contributed by atoms with Crippen molar-refractivity contribution in [3.63, 3.8) is 0 Å². The first-order valence-corrected chi connectivity index (χ1v) is 9.85. The molecule has 2 rings (SSSR count). The Bertz CT molecular complexity index is 837. The van der Waals surface area contributed by atoms with Gasteiger partial charge >= 0.3 is 0 Å². The molecule has 0 radical (unpaired) electrons. The van der Waals surface area contributed by atoms with Crippen molar-refractivity contribution >= 4 is 23.2 Å². The van der Waals surface area contributed by atoms with E-state index < -0.39 is 0 Å². The Labute approximate surface area is 177 Å². The minimum absolute atomic E-state index is 0.0212. The summed E-state index contributed by atoms with van der Waals surface area (Å²) in [7, 11) is 4.67. The van der Waals surface area contributed by atoms with Gasteiger partial charge in [-0.25, -0.2) is 0 Å². The van der Waals surface area contributed by atoms with Crippen molar-refractivity contribution in [1.29, 1.82) is 0 Å². The summed E-state index contributed by atoms with van der Waals surface area (Å²) in [6, 6.07) is 10.7. The molecule has 0 aromatic heterocycles. The highest BCUT2D eigenvalue weighted by molar-refractivity contribution is 5.93. The van der Waals surface area contributed by atoms with E-state index >= 15 is 0 Å². The van der Waals surface area contributed by atoms with E-state index in [9.17, 15) is 9.59 Å². The molecule has 7 heteroatoms. The molecule has 0 fully saturated rings. The summed E-state index contributed by atoms with van der Waals surface area (Å²) >= 11 is 0. The van der Waals surface area contributed by atoms with Crippen LogP contribution in [-0.4, -0.2) is 33.1 Å². The molecule has 2 aromatic rings. The summed E-state index contributed by atoms with van der Waals surface area (Å²) < 4.78 is 16.0. The van der Waals surface area contributed by atoms with Crippen LogP contribution in [0.2, 0.25) is 0 Å². The zero-order valence-corrected chi connectivity index (χ0v) is 18.2. The van der Waals surface area contributed by atoms with E-state index in [2.05, 4.69) is 10.6 Å². The lowest BCUT2D eigenvalue weighted by atomic mass is 10.1. The van der Waals surface area contributed by atoms with E-state index in [-0.39, 0.29) is 11.8 Å². The second-order valence-electron chi connectivity index (χ2n) is 7.31. The summed E-state index contributed by atoms with van der Waals surface area (Å²) in [5, 5.41) is 5.71. The van der Waals surface area contributed by atoms with Crippen LogP contribution in [0.15, 0.2) is 36.4 Å². The molecule has 0 aliphatic heterocycles. The molecule has 0 unspecified atom stereocenters. The predicted molar refractivity (Wildman–Crippen MR) is 118 cm³/mol. The van der Waals surface area contributed by atoms with Crippen molar-refractivity contribution < 1.29 is 23.8 Å². The minimum atomic E-state index is -0.111. The van der Waals surface area contributed by atoms with Crippen LogP contribution in [0, 0.1) is 5.92 Å². The third-order valence-corrected chi connectivity index (χ3v) is 4.41. The monoisotopic (exact) mass is 414 g/mol. The number of carbonyl (C=O) groups is 2. The van der Waals surface area contributed by atoms with Crippen LogP contribution in [0.3, 0.4) is 0 Å². The number of carbonyl (C=O) groups excluding carboxylic acids is 2. The maximum absolute atomic E-state index is 12.3. The lowest BCUT2D eigenvalue weighted by molar-refractivity contribution is -0.117. The van der Waals surface area contributed by atoms with Gasteiger partial charge in [-0.3, -0.25) is 9.59 Å². The Hall–Kier alpha value is -3.22. The van der Waals surface area contributed by atoms with Gasteiger partial charge in [0.2, 0.25) is 17.6 Å². The van der Waals surface area contributed by atoms with Crippen LogP contribution >= 0.6 is 0 Å². The molecule has 30 heavy (non-hydrogen) atoms. The van der Waals surface area contributed by atoms with Crippen molar-refractivity contribution in [3.8, 4) is 17.2 Å². The van der Waals surface area contributed by atoms with E-state index in [1.807, 2.05) is 26.0 Å². The van der Waals surface area contributed by atoms with Crippen LogP contribution < -0.4 is 24.8 Å². The molecule has 0 aliphatic carbocycles. The third kappa shape index (κ3) is 6.69. The molecule has 7 nitrogen and oxygen atoms in total. The number of methoxy groups -OCH3 is 3. The molecule has 2 N–H and O–H groups in total. The number of nitrogens with one attached hydrogen (secondary N) is 2. The van der Waals surface area contributed by atoms with Gasteiger partial charge < -0.3 is 24.8 Å². The van der Waals surface area contributed by atoms with Gasteiger partial charge in [-0.15, -0.1) is 0 Å². The molecule has 0 saturated carbocycles. The molecule has 2 amide bonds. The van der Waals surface area contributed by atoms with Crippen molar-refractivity contribution in [3.05, 3.63) is 42.0 Å². The van der Waals surface area contributed by atoms with Crippen LogP contribution in [0.4, 0.5) is 11.4 Å². The Balaban J connectivity index is 1.92. The van der Waals surface area contributed by atoms with Crippen molar-refractivity contribution in [2.45, 2.75) is 33.1 Å². The SMILES string of the molecule is COc1cc(CCC(=O)Nc2ccc(NC(=O)CC(C)C)cc2)cc(OC)c1OC. The van der Waals surface area contributed by atoms with Gasteiger partial charge in [0.15, 0.2) is 11.5 Å².